The van der Waals surface area contributed by atoms with E-state index in [1.165, 1.54) is 38.5 Å². The summed E-state index contributed by atoms with van der Waals surface area (Å²) < 4.78 is 10.2. The molecular weight excluding hydrogens is 336 g/mol. The maximum absolute atomic E-state index is 11.8. The number of likely N-dealkylation sites (tertiary alicyclic amines) is 2. The van der Waals surface area contributed by atoms with Crippen molar-refractivity contribution in [1.29, 1.82) is 0 Å². The highest BCUT2D eigenvalue weighted by molar-refractivity contribution is 6.03. The van der Waals surface area contributed by atoms with Gasteiger partial charge in [0.25, 0.3) is 0 Å². The van der Waals surface area contributed by atoms with Gasteiger partial charge in [-0.15, -0.1) is 0 Å². The summed E-state index contributed by atoms with van der Waals surface area (Å²) in [5.41, 5.74) is 0. The van der Waals surface area contributed by atoms with Crippen LogP contribution in [0.1, 0.15) is 51.4 Å². The number of rotatable bonds is 10. The monoisotopic (exact) mass is 368 g/mol. The Morgan fingerprint density at radius 3 is 1.38 bits per heavy atom. The van der Waals surface area contributed by atoms with E-state index in [1.807, 2.05) is 0 Å². The van der Waals surface area contributed by atoms with Crippen LogP contribution >= 0.6 is 0 Å². The van der Waals surface area contributed by atoms with Crippen molar-refractivity contribution in [2.45, 2.75) is 51.4 Å². The number of Topliss-reactive ketones (excluding diaryl/α,β-unsaturated/α-hetero) is 1. The third kappa shape index (κ3) is 8.76. The van der Waals surface area contributed by atoms with E-state index in [0.29, 0.717) is 26.3 Å². The number of esters is 2. The van der Waals surface area contributed by atoms with Gasteiger partial charge in [-0.05, 0) is 51.9 Å². The van der Waals surface area contributed by atoms with Gasteiger partial charge >= 0.3 is 11.9 Å². The van der Waals surface area contributed by atoms with E-state index < -0.39 is 17.7 Å². The molecule has 0 aromatic carbocycles. The minimum atomic E-state index is -0.562. The predicted octanol–water partition coefficient (Wildman–Crippen LogP) is 1.39. The molecular formula is C19H32N2O5. The maximum Gasteiger partial charge on any atom is 0.313 e. The van der Waals surface area contributed by atoms with E-state index in [-0.39, 0.29) is 12.8 Å². The Hall–Kier alpha value is -1.47. The minimum absolute atomic E-state index is 0.298. The lowest BCUT2D eigenvalue weighted by Gasteiger charge is -2.26. The van der Waals surface area contributed by atoms with Crippen LogP contribution < -0.4 is 0 Å². The van der Waals surface area contributed by atoms with Crippen LogP contribution in [0.15, 0.2) is 0 Å². The third-order valence-corrected chi connectivity index (χ3v) is 4.92. The molecule has 0 aromatic rings. The van der Waals surface area contributed by atoms with Crippen LogP contribution in [0.25, 0.3) is 0 Å². The Bertz CT molecular complexity index is 417. The van der Waals surface area contributed by atoms with Crippen molar-refractivity contribution in [3.63, 3.8) is 0 Å². The standard InChI is InChI=1S/C19H32N2O5/c22-17(15-18(23)25-13-11-20-7-3-1-4-8-20)16-19(24)26-14-12-21-9-5-2-6-10-21/h1-16H2. The highest BCUT2D eigenvalue weighted by Crippen LogP contribution is 2.09. The molecule has 0 aliphatic carbocycles. The smallest absolute Gasteiger partial charge is 0.313 e. The number of ketones is 1. The summed E-state index contributed by atoms with van der Waals surface area (Å²) in [5.74, 6) is -1.57. The molecule has 2 aliphatic heterocycles. The molecule has 0 amide bonds. The van der Waals surface area contributed by atoms with E-state index in [9.17, 15) is 14.4 Å². The summed E-state index contributed by atoms with van der Waals surface area (Å²) in [6.45, 7) is 6.18. The molecule has 7 nitrogen and oxygen atoms in total. The lowest BCUT2D eigenvalue weighted by Crippen LogP contribution is -2.33. The number of nitrogens with zero attached hydrogens (tertiary/aromatic N) is 2. The Balaban J connectivity index is 1.49. The molecule has 2 rings (SSSR count). The van der Waals surface area contributed by atoms with E-state index in [1.54, 1.807) is 0 Å². The van der Waals surface area contributed by atoms with Crippen LogP contribution in [-0.4, -0.2) is 80.0 Å². The largest absolute Gasteiger partial charge is 0.464 e. The maximum atomic E-state index is 11.8. The summed E-state index contributed by atoms with van der Waals surface area (Å²) >= 11 is 0. The lowest BCUT2D eigenvalue weighted by molar-refractivity contribution is -0.149. The second-order valence-electron chi connectivity index (χ2n) is 7.14. The van der Waals surface area contributed by atoms with Crippen LogP contribution in [0.5, 0.6) is 0 Å². The fraction of sp³-hybridized carbons (Fsp3) is 0.842. The zero-order chi connectivity index (χ0) is 18.6. The number of ether oxygens (including phenoxy) is 2. The second kappa shape index (κ2) is 12.0. The topological polar surface area (TPSA) is 76.2 Å². The molecule has 0 radical (unpaired) electrons. The second-order valence-corrected chi connectivity index (χ2v) is 7.14. The van der Waals surface area contributed by atoms with Crippen LogP contribution in [-0.2, 0) is 23.9 Å². The first kappa shape index (κ1) is 20.8. The Kier molecular flexibility index (Phi) is 9.63. The molecule has 0 unspecified atom stereocenters. The van der Waals surface area contributed by atoms with Gasteiger partial charge in [0.15, 0.2) is 5.78 Å². The van der Waals surface area contributed by atoms with Crippen molar-refractivity contribution in [3.8, 4) is 0 Å². The summed E-state index contributed by atoms with van der Waals surface area (Å²) in [5, 5.41) is 0. The van der Waals surface area contributed by atoms with Crippen molar-refractivity contribution in [2.24, 2.45) is 0 Å². The van der Waals surface area contributed by atoms with Gasteiger partial charge in [-0.3, -0.25) is 24.2 Å². The molecule has 2 fully saturated rings. The molecule has 0 spiro atoms. The number of hydrogen-bond donors (Lipinski definition) is 0. The Labute approximate surface area is 156 Å². The van der Waals surface area contributed by atoms with Crippen molar-refractivity contribution >= 4 is 17.7 Å². The lowest BCUT2D eigenvalue weighted by atomic mass is 10.1. The van der Waals surface area contributed by atoms with Gasteiger partial charge in [-0.2, -0.15) is 0 Å². The van der Waals surface area contributed by atoms with Gasteiger partial charge in [0, 0.05) is 13.1 Å². The number of piperidine rings is 2. The van der Waals surface area contributed by atoms with Gasteiger partial charge in [-0.25, -0.2) is 0 Å². The van der Waals surface area contributed by atoms with Crippen molar-refractivity contribution < 1.29 is 23.9 Å². The molecule has 2 saturated heterocycles. The minimum Gasteiger partial charge on any atom is -0.464 e. The van der Waals surface area contributed by atoms with Gasteiger partial charge < -0.3 is 9.47 Å². The zero-order valence-electron chi connectivity index (χ0n) is 15.7. The van der Waals surface area contributed by atoms with Crippen LogP contribution in [0.3, 0.4) is 0 Å². The number of hydrogen-bond acceptors (Lipinski definition) is 7. The van der Waals surface area contributed by atoms with E-state index in [4.69, 9.17) is 9.47 Å². The van der Waals surface area contributed by atoms with E-state index in [2.05, 4.69) is 9.80 Å². The first-order valence-corrected chi connectivity index (χ1v) is 9.91. The first-order valence-electron chi connectivity index (χ1n) is 9.91. The normalized spacial score (nSPS) is 19.1. The van der Waals surface area contributed by atoms with Gasteiger partial charge in [0.05, 0.1) is 0 Å². The SMILES string of the molecule is O=C(CC(=O)OCCN1CCCCC1)CC(=O)OCCN1CCCCC1. The van der Waals surface area contributed by atoms with Crippen molar-refractivity contribution in [2.75, 3.05) is 52.5 Å². The van der Waals surface area contributed by atoms with Crippen LogP contribution in [0, 0.1) is 0 Å². The summed E-state index contributed by atoms with van der Waals surface area (Å²) in [4.78, 5) is 39.6. The summed E-state index contributed by atoms with van der Waals surface area (Å²) in [6.07, 6.45) is 6.55. The fourth-order valence-corrected chi connectivity index (χ4v) is 3.43. The fourth-order valence-electron chi connectivity index (χ4n) is 3.43. The molecule has 0 saturated carbocycles. The summed E-state index contributed by atoms with van der Waals surface area (Å²) in [7, 11) is 0. The van der Waals surface area contributed by atoms with Gasteiger partial charge in [-0.1, -0.05) is 12.8 Å². The average Bonchev–Trinajstić information content (AvgIpc) is 2.63. The number of carbonyl (C=O) groups is 3. The van der Waals surface area contributed by atoms with Gasteiger partial charge in [0.2, 0.25) is 0 Å². The quantitative estimate of drug-likeness (QED) is 0.426. The molecule has 2 aliphatic rings. The molecule has 0 bridgehead atoms. The van der Waals surface area contributed by atoms with E-state index >= 15 is 0 Å². The zero-order valence-corrected chi connectivity index (χ0v) is 15.7. The molecule has 0 aromatic heterocycles. The predicted molar refractivity (Wildman–Crippen MR) is 96.7 cm³/mol. The highest BCUT2D eigenvalue weighted by atomic mass is 16.5. The molecule has 0 atom stereocenters. The average molecular weight is 368 g/mol. The van der Waals surface area contributed by atoms with Crippen LogP contribution in [0.2, 0.25) is 0 Å². The Morgan fingerprint density at radius 2 is 1.00 bits per heavy atom. The van der Waals surface area contributed by atoms with E-state index in [0.717, 1.165) is 26.2 Å². The third-order valence-electron chi connectivity index (χ3n) is 4.92. The van der Waals surface area contributed by atoms with Crippen LogP contribution in [0.4, 0.5) is 0 Å². The molecule has 0 N–H and O–H groups in total. The van der Waals surface area contributed by atoms with Crippen molar-refractivity contribution in [1.82, 2.24) is 9.80 Å². The highest BCUT2D eigenvalue weighted by Gasteiger charge is 2.17. The van der Waals surface area contributed by atoms with Crippen molar-refractivity contribution in [3.05, 3.63) is 0 Å². The summed E-state index contributed by atoms with van der Waals surface area (Å²) in [6, 6.07) is 0. The number of carbonyl (C=O) groups excluding carboxylic acids is 3. The Morgan fingerprint density at radius 1 is 0.615 bits per heavy atom. The first-order chi connectivity index (χ1) is 12.6. The molecule has 26 heavy (non-hydrogen) atoms. The molecule has 148 valence electrons. The molecule has 2 heterocycles. The van der Waals surface area contributed by atoms with Gasteiger partial charge in [0.1, 0.15) is 26.1 Å². The molecule has 7 heteroatoms.